The Morgan fingerprint density at radius 3 is 1.87 bits per heavy atom. The number of amides is 1. The number of hydrogen-bond acceptors (Lipinski definition) is 3. The summed E-state index contributed by atoms with van der Waals surface area (Å²) in [4.78, 5) is 17.4. The fraction of sp³-hybridized carbons (Fsp3) is 0.909. The fourth-order valence-electron chi connectivity index (χ4n) is 2.38. The minimum Gasteiger partial charge on any atom is -0.343 e. The van der Waals surface area contributed by atoms with Crippen molar-refractivity contribution in [2.45, 2.75) is 12.8 Å². The van der Waals surface area contributed by atoms with Gasteiger partial charge in [-0.15, -0.1) is 0 Å². The average molecular weight is 211 g/mol. The maximum absolute atomic E-state index is 10.5. The van der Waals surface area contributed by atoms with Crippen LogP contribution in [0.1, 0.15) is 12.8 Å². The van der Waals surface area contributed by atoms with Crippen LogP contribution < -0.4 is 0 Å². The maximum atomic E-state index is 10.5. The van der Waals surface area contributed by atoms with Gasteiger partial charge >= 0.3 is 0 Å². The van der Waals surface area contributed by atoms with Crippen LogP contribution in [0.2, 0.25) is 0 Å². The maximum Gasteiger partial charge on any atom is 0.209 e. The highest BCUT2D eigenvalue weighted by atomic mass is 16.1. The molecule has 0 aromatic rings. The number of rotatable bonds is 4. The van der Waals surface area contributed by atoms with Gasteiger partial charge in [-0.05, 0) is 25.9 Å². The molecule has 2 rings (SSSR count). The van der Waals surface area contributed by atoms with Gasteiger partial charge in [0.1, 0.15) is 0 Å². The van der Waals surface area contributed by atoms with Crippen molar-refractivity contribution >= 4 is 6.41 Å². The van der Waals surface area contributed by atoms with Gasteiger partial charge in [0, 0.05) is 39.3 Å². The Morgan fingerprint density at radius 2 is 1.33 bits per heavy atom. The molecule has 15 heavy (non-hydrogen) atoms. The first-order valence-corrected chi connectivity index (χ1v) is 6.02. The second kappa shape index (κ2) is 5.47. The van der Waals surface area contributed by atoms with Crippen molar-refractivity contribution in [1.29, 1.82) is 0 Å². The molecule has 2 saturated heterocycles. The summed E-state index contributed by atoms with van der Waals surface area (Å²) in [5, 5.41) is 0. The van der Waals surface area contributed by atoms with Crippen LogP contribution in [0.15, 0.2) is 0 Å². The molecular weight excluding hydrogens is 190 g/mol. The smallest absolute Gasteiger partial charge is 0.209 e. The Kier molecular flexibility index (Phi) is 3.97. The Labute approximate surface area is 91.8 Å². The van der Waals surface area contributed by atoms with E-state index in [0.29, 0.717) is 0 Å². The van der Waals surface area contributed by atoms with Crippen molar-refractivity contribution in [3.63, 3.8) is 0 Å². The lowest BCUT2D eigenvalue weighted by Gasteiger charge is -2.33. The van der Waals surface area contributed by atoms with Crippen molar-refractivity contribution < 1.29 is 4.79 Å². The van der Waals surface area contributed by atoms with E-state index < -0.39 is 0 Å². The molecule has 0 aromatic carbocycles. The van der Waals surface area contributed by atoms with Crippen molar-refractivity contribution in [3.8, 4) is 0 Å². The molecule has 4 heteroatoms. The normalized spacial score (nSPS) is 24.7. The topological polar surface area (TPSA) is 26.8 Å². The van der Waals surface area contributed by atoms with E-state index in [2.05, 4.69) is 9.80 Å². The van der Waals surface area contributed by atoms with Crippen molar-refractivity contribution in [1.82, 2.24) is 14.7 Å². The molecule has 2 aliphatic heterocycles. The zero-order valence-electron chi connectivity index (χ0n) is 9.40. The lowest BCUT2D eigenvalue weighted by atomic mass is 10.3. The molecule has 2 heterocycles. The van der Waals surface area contributed by atoms with E-state index in [1.165, 1.54) is 39.0 Å². The van der Waals surface area contributed by atoms with Crippen LogP contribution >= 0.6 is 0 Å². The number of hydrogen-bond donors (Lipinski definition) is 0. The summed E-state index contributed by atoms with van der Waals surface area (Å²) in [7, 11) is 0. The first-order valence-electron chi connectivity index (χ1n) is 6.02. The molecule has 2 aliphatic rings. The minimum atomic E-state index is 0.906. The molecule has 0 N–H and O–H groups in total. The van der Waals surface area contributed by atoms with E-state index in [4.69, 9.17) is 0 Å². The molecule has 0 spiro atoms. The summed E-state index contributed by atoms with van der Waals surface area (Å²) < 4.78 is 0. The van der Waals surface area contributed by atoms with Crippen LogP contribution in [0.3, 0.4) is 0 Å². The van der Waals surface area contributed by atoms with Crippen LogP contribution in [0.4, 0.5) is 0 Å². The van der Waals surface area contributed by atoms with Gasteiger partial charge in [-0.1, -0.05) is 0 Å². The van der Waals surface area contributed by atoms with Crippen LogP contribution in [0, 0.1) is 0 Å². The van der Waals surface area contributed by atoms with Crippen molar-refractivity contribution in [2.75, 3.05) is 52.4 Å². The highest BCUT2D eigenvalue weighted by Crippen LogP contribution is 2.07. The molecule has 0 unspecified atom stereocenters. The van der Waals surface area contributed by atoms with Crippen LogP contribution in [-0.4, -0.2) is 73.5 Å². The molecule has 4 nitrogen and oxygen atoms in total. The molecule has 0 radical (unpaired) electrons. The Hall–Kier alpha value is -0.610. The van der Waals surface area contributed by atoms with E-state index >= 15 is 0 Å². The molecular formula is C11H21N3O. The second-order valence-corrected chi connectivity index (χ2v) is 4.53. The highest BCUT2D eigenvalue weighted by Gasteiger charge is 2.17. The summed E-state index contributed by atoms with van der Waals surface area (Å²) in [6, 6.07) is 0. The Bertz CT molecular complexity index is 196. The lowest BCUT2D eigenvalue weighted by molar-refractivity contribution is -0.119. The third-order valence-electron chi connectivity index (χ3n) is 3.49. The monoisotopic (exact) mass is 211 g/mol. The summed E-state index contributed by atoms with van der Waals surface area (Å²) >= 11 is 0. The third kappa shape index (κ3) is 3.18. The van der Waals surface area contributed by atoms with Crippen molar-refractivity contribution in [3.05, 3.63) is 0 Å². The predicted molar refractivity (Wildman–Crippen MR) is 59.8 cm³/mol. The fourth-order valence-corrected chi connectivity index (χ4v) is 2.38. The molecule has 0 bridgehead atoms. The zero-order valence-corrected chi connectivity index (χ0v) is 9.40. The number of piperazine rings is 1. The van der Waals surface area contributed by atoms with Gasteiger partial charge in [0.05, 0.1) is 0 Å². The predicted octanol–water partition coefficient (Wildman–Crippen LogP) is -0.144. The summed E-state index contributed by atoms with van der Waals surface area (Å²) in [6.45, 7) is 8.86. The second-order valence-electron chi connectivity index (χ2n) is 4.53. The SMILES string of the molecule is O=CN1CCN(CCN2CCCC2)CC1. The number of likely N-dealkylation sites (tertiary alicyclic amines) is 1. The first-order chi connectivity index (χ1) is 7.38. The van der Waals surface area contributed by atoms with E-state index in [9.17, 15) is 4.79 Å². The zero-order chi connectivity index (χ0) is 10.5. The molecule has 0 saturated carbocycles. The van der Waals surface area contributed by atoms with Crippen LogP contribution in [-0.2, 0) is 4.79 Å². The number of nitrogens with zero attached hydrogens (tertiary/aromatic N) is 3. The molecule has 1 amide bonds. The van der Waals surface area contributed by atoms with Gasteiger partial charge in [0.2, 0.25) is 6.41 Å². The molecule has 86 valence electrons. The van der Waals surface area contributed by atoms with E-state index in [1.54, 1.807) is 0 Å². The summed E-state index contributed by atoms with van der Waals surface area (Å²) in [5.74, 6) is 0. The van der Waals surface area contributed by atoms with Gasteiger partial charge in [0.25, 0.3) is 0 Å². The lowest BCUT2D eigenvalue weighted by Crippen LogP contribution is -2.47. The average Bonchev–Trinajstić information content (AvgIpc) is 2.80. The van der Waals surface area contributed by atoms with Gasteiger partial charge in [-0.3, -0.25) is 9.69 Å². The van der Waals surface area contributed by atoms with Gasteiger partial charge < -0.3 is 9.80 Å². The quantitative estimate of drug-likeness (QED) is 0.605. The molecule has 0 aliphatic carbocycles. The standard InChI is InChI=1S/C11H21N3O/c15-11-14-9-7-13(8-10-14)6-5-12-3-1-2-4-12/h11H,1-10H2. The van der Waals surface area contributed by atoms with Gasteiger partial charge in [-0.25, -0.2) is 0 Å². The molecule has 0 aromatic heterocycles. The Morgan fingerprint density at radius 1 is 0.800 bits per heavy atom. The molecule has 0 atom stereocenters. The van der Waals surface area contributed by atoms with Gasteiger partial charge in [0.15, 0.2) is 0 Å². The largest absolute Gasteiger partial charge is 0.343 e. The minimum absolute atomic E-state index is 0.906. The van der Waals surface area contributed by atoms with E-state index in [0.717, 1.165) is 32.6 Å². The van der Waals surface area contributed by atoms with Crippen LogP contribution in [0.5, 0.6) is 0 Å². The van der Waals surface area contributed by atoms with E-state index in [1.807, 2.05) is 4.90 Å². The first kappa shape index (κ1) is 10.9. The van der Waals surface area contributed by atoms with Crippen molar-refractivity contribution in [2.24, 2.45) is 0 Å². The summed E-state index contributed by atoms with van der Waals surface area (Å²) in [6.07, 6.45) is 3.72. The van der Waals surface area contributed by atoms with E-state index in [-0.39, 0.29) is 0 Å². The summed E-state index contributed by atoms with van der Waals surface area (Å²) in [5.41, 5.74) is 0. The molecule has 2 fully saturated rings. The third-order valence-corrected chi connectivity index (χ3v) is 3.49. The number of carbonyl (C=O) groups is 1. The number of carbonyl (C=O) groups excluding carboxylic acids is 1. The highest BCUT2D eigenvalue weighted by molar-refractivity contribution is 5.47. The van der Waals surface area contributed by atoms with Gasteiger partial charge in [-0.2, -0.15) is 0 Å². The van der Waals surface area contributed by atoms with Crippen LogP contribution in [0.25, 0.3) is 0 Å². The Balaban J connectivity index is 1.61.